The number of hydrogen-bond donors (Lipinski definition) is 3. The van der Waals surface area contributed by atoms with Crippen LogP contribution in [0.3, 0.4) is 0 Å². The zero-order valence-electron chi connectivity index (χ0n) is 19.3. The van der Waals surface area contributed by atoms with Crippen molar-refractivity contribution in [2.24, 2.45) is 52.3 Å². The molecule has 0 aromatic heterocycles. The van der Waals surface area contributed by atoms with Gasteiger partial charge in [0.15, 0.2) is 0 Å². The Morgan fingerprint density at radius 1 is 0.931 bits per heavy atom. The standard InChI is InChI=1S/C26H46O3/c1-5-18-22-15-17(28)10-12-26(22,4)21-11-13-25(3)19(16(2)7-6-14-27)8-9-20(25)23(21)24(18)29/h16-24,27-29H,5-15H2,1-4H3/t16-,17-,18-,19-,20+,21+,22+,23+,24+,25-,26-/m1/s1. The molecule has 0 radical (unpaired) electrons. The summed E-state index contributed by atoms with van der Waals surface area (Å²) < 4.78 is 0. The third kappa shape index (κ3) is 3.33. The average Bonchev–Trinajstić information content (AvgIpc) is 3.05. The second-order valence-electron chi connectivity index (χ2n) is 12.0. The van der Waals surface area contributed by atoms with Crippen LogP contribution < -0.4 is 0 Å². The first-order valence-corrected chi connectivity index (χ1v) is 12.7. The highest BCUT2D eigenvalue weighted by molar-refractivity contribution is 5.13. The quantitative estimate of drug-likeness (QED) is 0.601. The summed E-state index contributed by atoms with van der Waals surface area (Å²) in [4.78, 5) is 0. The van der Waals surface area contributed by atoms with Crippen molar-refractivity contribution in [1.82, 2.24) is 0 Å². The number of hydrogen-bond acceptors (Lipinski definition) is 3. The molecule has 4 rings (SSSR count). The molecule has 3 heteroatoms. The molecule has 3 N–H and O–H groups in total. The Morgan fingerprint density at radius 3 is 2.31 bits per heavy atom. The van der Waals surface area contributed by atoms with Gasteiger partial charge in [0, 0.05) is 6.61 Å². The summed E-state index contributed by atoms with van der Waals surface area (Å²) in [6, 6.07) is 0. The minimum Gasteiger partial charge on any atom is -0.396 e. The molecular weight excluding hydrogens is 360 g/mol. The van der Waals surface area contributed by atoms with Gasteiger partial charge in [-0.1, -0.05) is 34.1 Å². The minimum absolute atomic E-state index is 0.164. The smallest absolute Gasteiger partial charge is 0.0605 e. The van der Waals surface area contributed by atoms with Gasteiger partial charge in [-0.15, -0.1) is 0 Å². The van der Waals surface area contributed by atoms with Crippen LogP contribution in [0.1, 0.15) is 91.9 Å². The van der Waals surface area contributed by atoms with Crippen molar-refractivity contribution < 1.29 is 15.3 Å². The maximum atomic E-state index is 11.7. The van der Waals surface area contributed by atoms with Crippen LogP contribution >= 0.6 is 0 Å². The highest BCUT2D eigenvalue weighted by Crippen LogP contribution is 2.69. The molecule has 0 bridgehead atoms. The predicted molar refractivity (Wildman–Crippen MR) is 117 cm³/mol. The number of fused-ring (bicyclic) bond motifs is 5. The van der Waals surface area contributed by atoms with Crippen molar-refractivity contribution in [3.8, 4) is 0 Å². The van der Waals surface area contributed by atoms with Crippen molar-refractivity contribution in [3.05, 3.63) is 0 Å². The Labute approximate surface area is 178 Å². The summed E-state index contributed by atoms with van der Waals surface area (Å²) in [5, 5.41) is 31.4. The normalized spacial score (nSPS) is 53.1. The van der Waals surface area contributed by atoms with Gasteiger partial charge >= 0.3 is 0 Å². The monoisotopic (exact) mass is 406 g/mol. The fourth-order valence-corrected chi connectivity index (χ4v) is 9.55. The van der Waals surface area contributed by atoms with E-state index in [0.717, 1.165) is 44.4 Å². The zero-order valence-corrected chi connectivity index (χ0v) is 19.3. The maximum absolute atomic E-state index is 11.7. The lowest BCUT2D eigenvalue weighted by Gasteiger charge is -2.64. The van der Waals surface area contributed by atoms with Gasteiger partial charge in [-0.3, -0.25) is 0 Å². The molecule has 0 saturated heterocycles. The van der Waals surface area contributed by atoms with Gasteiger partial charge in [0.2, 0.25) is 0 Å². The number of aliphatic hydroxyl groups is 3. The molecule has 4 aliphatic carbocycles. The van der Waals surface area contributed by atoms with E-state index in [2.05, 4.69) is 27.7 Å². The van der Waals surface area contributed by atoms with E-state index in [1.807, 2.05) is 0 Å². The SMILES string of the molecule is CC[C@H]1[C@H](O)[C@@H]2[C@H](CC[C@]3(C)[C@@H]([C@H](C)CCCO)CC[C@@H]23)[C@@]2(C)CC[C@@H](O)C[C@@H]12. The minimum atomic E-state index is -0.190. The summed E-state index contributed by atoms with van der Waals surface area (Å²) in [7, 11) is 0. The van der Waals surface area contributed by atoms with Crippen molar-refractivity contribution >= 4 is 0 Å². The molecule has 29 heavy (non-hydrogen) atoms. The van der Waals surface area contributed by atoms with E-state index in [-0.39, 0.29) is 12.2 Å². The van der Waals surface area contributed by atoms with Gasteiger partial charge in [-0.25, -0.2) is 0 Å². The van der Waals surface area contributed by atoms with Crippen molar-refractivity contribution in [3.63, 3.8) is 0 Å². The molecule has 11 atom stereocenters. The molecular formula is C26H46O3. The lowest BCUT2D eigenvalue weighted by atomic mass is 9.41. The van der Waals surface area contributed by atoms with Crippen LogP contribution in [0.5, 0.6) is 0 Å². The van der Waals surface area contributed by atoms with Gasteiger partial charge in [0.1, 0.15) is 0 Å². The van der Waals surface area contributed by atoms with E-state index < -0.39 is 0 Å². The fourth-order valence-electron chi connectivity index (χ4n) is 9.55. The molecule has 0 aromatic rings. The molecule has 0 amide bonds. The van der Waals surface area contributed by atoms with Crippen LogP contribution in [0, 0.1) is 52.3 Å². The first kappa shape index (κ1) is 22.1. The van der Waals surface area contributed by atoms with Crippen LogP contribution in [0.15, 0.2) is 0 Å². The Hall–Kier alpha value is -0.120. The third-order valence-corrected chi connectivity index (χ3v) is 11.0. The van der Waals surface area contributed by atoms with Crippen molar-refractivity contribution in [2.45, 2.75) is 104 Å². The average molecular weight is 407 g/mol. The second-order valence-corrected chi connectivity index (χ2v) is 12.0. The molecule has 0 unspecified atom stereocenters. The van der Waals surface area contributed by atoms with E-state index in [0.29, 0.717) is 52.9 Å². The van der Waals surface area contributed by atoms with Gasteiger partial charge < -0.3 is 15.3 Å². The maximum Gasteiger partial charge on any atom is 0.0605 e. The summed E-state index contributed by atoms with van der Waals surface area (Å²) in [6.45, 7) is 10.0. The topological polar surface area (TPSA) is 60.7 Å². The fraction of sp³-hybridized carbons (Fsp3) is 1.00. The zero-order chi connectivity index (χ0) is 21.0. The summed E-state index contributed by atoms with van der Waals surface area (Å²) in [5.41, 5.74) is 0.651. The number of rotatable bonds is 5. The molecule has 4 aliphatic rings. The summed E-state index contributed by atoms with van der Waals surface area (Å²) in [6.07, 6.45) is 10.9. The lowest BCUT2D eigenvalue weighted by Crippen LogP contribution is -2.62. The van der Waals surface area contributed by atoms with Crippen LogP contribution in [-0.4, -0.2) is 34.1 Å². The number of aliphatic hydroxyl groups excluding tert-OH is 3. The first-order valence-electron chi connectivity index (χ1n) is 12.7. The molecule has 0 aromatic carbocycles. The molecule has 4 saturated carbocycles. The van der Waals surface area contributed by atoms with E-state index in [1.54, 1.807) is 0 Å². The van der Waals surface area contributed by atoms with Crippen LogP contribution in [0.4, 0.5) is 0 Å². The Kier molecular flexibility index (Phi) is 6.17. The Morgan fingerprint density at radius 2 is 1.62 bits per heavy atom. The lowest BCUT2D eigenvalue weighted by molar-refractivity contribution is -0.203. The van der Waals surface area contributed by atoms with E-state index in [1.165, 1.54) is 25.7 Å². The van der Waals surface area contributed by atoms with Gasteiger partial charge in [0.05, 0.1) is 12.2 Å². The highest BCUT2D eigenvalue weighted by Gasteiger charge is 2.64. The predicted octanol–water partition coefficient (Wildman–Crippen LogP) is 5.02. The Balaban J connectivity index is 1.63. The van der Waals surface area contributed by atoms with Gasteiger partial charge in [-0.2, -0.15) is 0 Å². The molecule has 0 spiro atoms. The third-order valence-electron chi connectivity index (χ3n) is 11.0. The van der Waals surface area contributed by atoms with Crippen LogP contribution in [0.25, 0.3) is 0 Å². The molecule has 4 fully saturated rings. The van der Waals surface area contributed by atoms with Crippen LogP contribution in [-0.2, 0) is 0 Å². The van der Waals surface area contributed by atoms with Crippen LogP contribution in [0.2, 0.25) is 0 Å². The van der Waals surface area contributed by atoms with E-state index in [4.69, 9.17) is 0 Å². The van der Waals surface area contributed by atoms with Crippen molar-refractivity contribution in [2.75, 3.05) is 6.61 Å². The molecule has 0 aliphatic heterocycles. The second kappa shape index (κ2) is 8.10. The molecule has 3 nitrogen and oxygen atoms in total. The largest absolute Gasteiger partial charge is 0.396 e. The van der Waals surface area contributed by atoms with Gasteiger partial charge in [-0.05, 0) is 110 Å². The molecule has 0 heterocycles. The van der Waals surface area contributed by atoms with Gasteiger partial charge in [0.25, 0.3) is 0 Å². The summed E-state index contributed by atoms with van der Waals surface area (Å²) >= 11 is 0. The molecule has 168 valence electrons. The van der Waals surface area contributed by atoms with E-state index >= 15 is 0 Å². The summed E-state index contributed by atoms with van der Waals surface area (Å²) in [5.74, 6) is 3.97. The van der Waals surface area contributed by atoms with Crippen molar-refractivity contribution in [1.29, 1.82) is 0 Å². The van der Waals surface area contributed by atoms with E-state index in [9.17, 15) is 15.3 Å². The highest BCUT2D eigenvalue weighted by atomic mass is 16.3. The first-order chi connectivity index (χ1) is 13.8. The Bertz CT molecular complexity index is 578.